The van der Waals surface area contributed by atoms with Gasteiger partial charge in [0.25, 0.3) is 0 Å². The van der Waals surface area contributed by atoms with Crippen LogP contribution in [0, 0.1) is 138 Å². The van der Waals surface area contributed by atoms with E-state index in [4.69, 9.17) is 0 Å². The van der Waals surface area contributed by atoms with Gasteiger partial charge in [0, 0.05) is 220 Å². The van der Waals surface area contributed by atoms with Gasteiger partial charge in [0.1, 0.15) is 0 Å². The Labute approximate surface area is 935 Å². The van der Waals surface area contributed by atoms with Crippen LogP contribution in [0.5, 0.6) is 0 Å². The van der Waals surface area contributed by atoms with E-state index < -0.39 is 0 Å². The van der Waals surface area contributed by atoms with E-state index in [0.717, 1.165) is 0 Å². The van der Waals surface area contributed by atoms with E-state index in [0.29, 0.717) is 0 Å². The van der Waals surface area contributed by atoms with Crippen LogP contribution in [-0.2, 0) is 0 Å². The summed E-state index contributed by atoms with van der Waals surface area (Å²) in [5.74, 6) is 0. The smallest absolute Gasteiger partial charge is 0.0475 e. The lowest BCUT2D eigenvalue weighted by atomic mass is 9.92. The molecule has 0 nitrogen and oxygen atoms in total. The molecule has 16 heteroatoms. The lowest BCUT2D eigenvalue weighted by Gasteiger charge is -2.12. The van der Waals surface area contributed by atoms with Crippen LogP contribution in [0.15, 0.2) is 267 Å². The fraction of sp³-hybridized carbons (Fsp3) is 0.182. The number of rotatable bonds is 14. The first-order valence-corrected chi connectivity index (χ1v) is 63.6. The van der Waals surface area contributed by atoms with Crippen molar-refractivity contribution < 1.29 is 0 Å². The van der Waals surface area contributed by atoms with Crippen molar-refractivity contribution in [3.05, 3.63) is 373 Å². The van der Waals surface area contributed by atoms with E-state index in [9.17, 15) is 0 Å². The fourth-order valence-corrected chi connectivity index (χ4v) is 40.5. The van der Waals surface area contributed by atoms with Crippen LogP contribution in [0.3, 0.4) is 0 Å². The van der Waals surface area contributed by atoms with Crippen LogP contribution in [-0.4, -0.2) is 0 Å². The van der Waals surface area contributed by atoms with Crippen LogP contribution in [0.1, 0.15) is 133 Å². The summed E-state index contributed by atoms with van der Waals surface area (Å²) in [4.78, 5) is 33.3. The Morgan fingerprint density at radius 3 is 0.426 bits per heavy atom. The molecule has 0 aliphatic rings. The Morgan fingerprint density at radius 2 is 0.277 bits per heavy atom. The van der Waals surface area contributed by atoms with Crippen molar-refractivity contribution in [3.8, 4) is 145 Å². The first-order valence-electron chi connectivity index (χ1n) is 50.6. The molecule has 148 heavy (non-hydrogen) atoms. The van der Waals surface area contributed by atoms with Crippen LogP contribution in [0.4, 0.5) is 0 Å². The summed E-state index contributed by atoms with van der Waals surface area (Å²) in [6.07, 6.45) is 0. The summed E-state index contributed by atoms with van der Waals surface area (Å²) < 4.78 is 11.2. The van der Waals surface area contributed by atoms with E-state index in [-0.39, 0.29) is 0 Å². The molecule has 0 N–H and O–H groups in total. The molecule has 16 aromatic heterocycles. The average molecular weight is 2220 g/mol. The van der Waals surface area contributed by atoms with Gasteiger partial charge >= 0.3 is 0 Å². The molecular weight excluding hydrogens is 2100 g/mol. The normalized spacial score (nSPS) is 11.5. The third-order valence-corrected chi connectivity index (χ3v) is 47.5. The van der Waals surface area contributed by atoms with Crippen molar-refractivity contribution in [2.75, 3.05) is 0 Å². The minimum atomic E-state index is 1.29. The lowest BCUT2D eigenvalue weighted by molar-refractivity contribution is 1.47. The molecule has 10 aromatic carbocycles. The summed E-state index contributed by atoms with van der Waals surface area (Å²) in [6.45, 7) is 52.6. The molecule has 0 saturated carbocycles. The van der Waals surface area contributed by atoms with Gasteiger partial charge in [0.15, 0.2) is 0 Å². The first kappa shape index (κ1) is 103. The Hall–Kier alpha value is -10.5. The highest BCUT2D eigenvalue weighted by atomic mass is 32.2. The fourth-order valence-electron chi connectivity index (χ4n) is 21.0. The van der Waals surface area contributed by atoms with Crippen LogP contribution >= 0.6 is 181 Å². The van der Waals surface area contributed by atoms with E-state index >= 15 is 0 Å². The van der Waals surface area contributed by atoms with E-state index in [1.807, 2.05) is 209 Å². The minimum Gasteiger partial charge on any atom is -0.139 e. The maximum absolute atomic E-state index is 2.48. The second kappa shape index (κ2) is 43.0. The summed E-state index contributed by atoms with van der Waals surface area (Å²) in [5.41, 5.74) is 32.4. The molecule has 0 atom stereocenters. The maximum Gasteiger partial charge on any atom is 0.0475 e. The maximum atomic E-state index is 2.48. The zero-order valence-electron chi connectivity index (χ0n) is 87.9. The predicted octanol–water partition coefficient (Wildman–Crippen LogP) is 48.5. The molecule has 0 aliphatic heterocycles. The molecule has 0 amide bonds. The molecule has 0 saturated heterocycles. The topological polar surface area (TPSA) is 0 Å². The summed E-state index contributed by atoms with van der Waals surface area (Å²) in [7, 11) is 0. The monoisotopic (exact) mass is 2210 g/mol. The standard InChI is InChI=1S/C36H30S4.2C34H26S4.C24H22S4.2C2H6/c1-19-7-11-25(12-8-19)31-27-17-29(33-21(3)15-23(5)37-33)40-36(27)32(26-13-9-20(2)10-14-26)28-18-30(39-35(28)31)34-22(4)16-24(6)38-34;2*1-19-15-21(3)35-31(19)27-17-25-29(23-11-7-5-8-12-23)34-26(18-28(38-34)32-20(2)16-22(4)36-32)30(33(25)37-27)24-13-9-6-10-14-24;1-11-7-13(3)25-21(11)19-9-17-15(5)24-18(16(6)23(17)27-19)10-20(28-24)22-12(2)8-14(4)26-22;2*1-2/h7-18H,1-6H3;2*5-18H,1-4H3;7-10H,1-6H3;2*1-2H3. The van der Waals surface area contributed by atoms with E-state index in [1.165, 1.54) is 331 Å². The Bertz CT molecular complexity index is 8410. The van der Waals surface area contributed by atoms with Gasteiger partial charge in [-0.3, -0.25) is 0 Å². The number of hydrogen-bond acceptors (Lipinski definition) is 16. The highest BCUT2D eigenvalue weighted by Gasteiger charge is 2.31. The Kier molecular flexibility index (Phi) is 30.0. The van der Waals surface area contributed by atoms with Crippen molar-refractivity contribution in [3.63, 3.8) is 0 Å². The first-order chi connectivity index (χ1) is 71.5. The zero-order valence-corrected chi connectivity index (χ0v) is 101. The number of benzene rings is 10. The minimum absolute atomic E-state index is 1.29. The van der Waals surface area contributed by atoms with Gasteiger partial charge in [0.05, 0.1) is 0 Å². The zero-order chi connectivity index (χ0) is 103. The van der Waals surface area contributed by atoms with Crippen molar-refractivity contribution in [1.82, 2.24) is 0 Å². The molecule has 0 spiro atoms. The van der Waals surface area contributed by atoms with Gasteiger partial charge < -0.3 is 0 Å². The quantitative estimate of drug-likeness (QED) is 0.102. The molecule has 0 fully saturated rings. The summed E-state index contributed by atoms with van der Waals surface area (Å²) >= 11 is 31.0. The van der Waals surface area contributed by atoms with Gasteiger partial charge in [-0.2, -0.15) is 0 Å². The summed E-state index contributed by atoms with van der Waals surface area (Å²) in [6, 6.07) is 100. The SMILES string of the molecule is CC.CC.Cc1cc(C)c(-c2cc3c(-c4ccccc4)c4sc(-c5sc(C)cc5C)cc4c(-c4ccccc4)c3s2)s1.Cc1cc(C)c(-c2cc3c(-c4ccccc4)c4sc(-c5sc(C)cc5C)cc4c(-c4ccccc4)c3s2)s1.Cc1cc(C)c(-c2cc3c(C)c4sc(-c5sc(C)cc5C)cc4c(C)c3s2)s1.Cc1ccc(-c2c3cc(-c4sc(C)cc4C)sc3c(-c3ccc(C)cc3)c3cc(-c4sc(C)cc4C)sc23)cc1. The van der Waals surface area contributed by atoms with Crippen molar-refractivity contribution in [2.45, 2.75) is 166 Å². The van der Waals surface area contributed by atoms with Gasteiger partial charge in [-0.25, -0.2) is 0 Å². The predicted molar refractivity (Wildman–Crippen MR) is 685 cm³/mol. The van der Waals surface area contributed by atoms with Gasteiger partial charge in [-0.05, 0) is 335 Å². The third kappa shape index (κ3) is 19.6. The van der Waals surface area contributed by atoms with Crippen molar-refractivity contribution in [2.24, 2.45) is 0 Å². The molecule has 740 valence electrons. The molecule has 0 radical (unpaired) electrons. The van der Waals surface area contributed by atoms with Crippen molar-refractivity contribution in [1.29, 1.82) is 0 Å². The largest absolute Gasteiger partial charge is 0.139 e. The molecule has 16 heterocycles. The molecular formula is C132H116S16. The molecule has 0 unspecified atom stereocenters. The van der Waals surface area contributed by atoms with Crippen molar-refractivity contribution >= 4 is 262 Å². The Morgan fingerprint density at radius 1 is 0.135 bits per heavy atom. The third-order valence-electron chi connectivity index (χ3n) is 27.4. The summed E-state index contributed by atoms with van der Waals surface area (Å²) in [5, 5.41) is 11.0. The highest BCUT2D eigenvalue weighted by Crippen LogP contribution is 2.60. The average Bonchev–Trinajstić information content (AvgIpc) is 1.57. The molecule has 26 aromatic rings. The highest BCUT2D eigenvalue weighted by molar-refractivity contribution is 7.32. The van der Waals surface area contributed by atoms with Crippen LogP contribution in [0.25, 0.3) is 225 Å². The van der Waals surface area contributed by atoms with Gasteiger partial charge in [-0.15, -0.1) is 181 Å². The second-order valence-corrected chi connectivity index (χ2v) is 56.9. The van der Waals surface area contributed by atoms with E-state index in [1.54, 1.807) is 0 Å². The Balaban J connectivity index is 0.000000115. The number of thiophene rings is 16. The van der Waals surface area contributed by atoms with Crippen LogP contribution in [0.2, 0.25) is 0 Å². The van der Waals surface area contributed by atoms with Gasteiger partial charge in [-0.1, -0.05) is 209 Å². The molecule has 0 aliphatic carbocycles. The lowest BCUT2D eigenvalue weighted by Crippen LogP contribution is -1.86. The molecule has 26 rings (SSSR count). The number of fused-ring (bicyclic) bond motifs is 8. The van der Waals surface area contributed by atoms with Crippen LogP contribution < -0.4 is 0 Å². The number of hydrogen-bond donors (Lipinski definition) is 0. The van der Waals surface area contributed by atoms with Gasteiger partial charge in [0.2, 0.25) is 0 Å². The number of aryl methyl sites for hydroxylation is 20. The molecule has 0 bridgehead atoms. The van der Waals surface area contributed by atoms with E-state index in [2.05, 4.69) is 405 Å². The second-order valence-electron chi connectivity index (χ2n) is 38.5.